The predicted molar refractivity (Wildman–Crippen MR) is 95.6 cm³/mol. The zero-order valence-electron chi connectivity index (χ0n) is 12.6. The first-order valence-corrected chi connectivity index (χ1v) is 9.64. The van der Waals surface area contributed by atoms with Gasteiger partial charge in [0.05, 0.1) is 5.75 Å². The van der Waals surface area contributed by atoms with Crippen molar-refractivity contribution in [1.82, 2.24) is 9.97 Å². The number of thiophene rings is 1. The summed E-state index contributed by atoms with van der Waals surface area (Å²) in [5, 5.41) is 3.94. The summed E-state index contributed by atoms with van der Waals surface area (Å²) in [5.74, 6) is 0.589. The zero-order valence-corrected chi connectivity index (χ0v) is 14.3. The fourth-order valence-corrected chi connectivity index (χ4v) is 4.68. The first-order valence-electron chi connectivity index (χ1n) is 7.77. The first kappa shape index (κ1) is 14.8. The number of hydrogen-bond acceptors (Lipinski definition) is 5. The Labute approximate surface area is 143 Å². The number of thioether (sulfide) groups is 1. The standard InChI is InChI=1S/C18H16N2OS2/c21-16(14-6-5-12-3-1-2-4-13(12)9-14)10-23-18-15-7-8-22-17(15)19-11-20-18/h5-9,11H,1-4,10H2. The number of aromatic nitrogens is 2. The Morgan fingerprint density at radius 1 is 1.13 bits per heavy atom. The molecule has 5 heteroatoms. The van der Waals surface area contributed by atoms with E-state index in [0.29, 0.717) is 5.75 Å². The Balaban J connectivity index is 1.51. The molecule has 2 aromatic heterocycles. The quantitative estimate of drug-likeness (QED) is 0.397. The van der Waals surface area contributed by atoms with Crippen molar-refractivity contribution in [3.8, 4) is 0 Å². The van der Waals surface area contributed by atoms with Gasteiger partial charge in [-0.3, -0.25) is 4.79 Å². The summed E-state index contributed by atoms with van der Waals surface area (Å²) in [5.41, 5.74) is 3.60. The van der Waals surface area contributed by atoms with Crippen molar-refractivity contribution in [2.75, 3.05) is 5.75 Å². The fraction of sp³-hybridized carbons (Fsp3) is 0.278. The molecule has 0 fully saturated rings. The monoisotopic (exact) mass is 340 g/mol. The average Bonchev–Trinajstić information content (AvgIpc) is 3.08. The second-order valence-electron chi connectivity index (χ2n) is 5.72. The van der Waals surface area contributed by atoms with Crippen molar-refractivity contribution in [2.45, 2.75) is 30.7 Å². The van der Waals surface area contributed by atoms with Gasteiger partial charge in [0.25, 0.3) is 0 Å². The molecule has 0 spiro atoms. The van der Waals surface area contributed by atoms with Crippen LogP contribution in [-0.4, -0.2) is 21.5 Å². The van der Waals surface area contributed by atoms with Crippen LogP contribution in [0.4, 0.5) is 0 Å². The van der Waals surface area contributed by atoms with E-state index < -0.39 is 0 Å². The summed E-state index contributed by atoms with van der Waals surface area (Å²) in [6, 6.07) is 8.23. The molecule has 3 nitrogen and oxygen atoms in total. The summed E-state index contributed by atoms with van der Waals surface area (Å²) < 4.78 is 0. The number of rotatable bonds is 4. The van der Waals surface area contributed by atoms with Crippen molar-refractivity contribution in [3.63, 3.8) is 0 Å². The number of fused-ring (bicyclic) bond motifs is 2. The Bertz CT molecular complexity index is 872. The second kappa shape index (κ2) is 6.42. The molecule has 0 radical (unpaired) electrons. The SMILES string of the molecule is O=C(CSc1ncnc2sccc12)c1ccc2c(c1)CCCC2. The second-order valence-corrected chi connectivity index (χ2v) is 7.58. The Hall–Kier alpha value is -1.72. The van der Waals surface area contributed by atoms with Crippen molar-refractivity contribution < 1.29 is 4.79 Å². The van der Waals surface area contributed by atoms with Crippen LogP contribution in [0.3, 0.4) is 0 Å². The van der Waals surface area contributed by atoms with E-state index in [9.17, 15) is 4.79 Å². The minimum absolute atomic E-state index is 0.172. The lowest BCUT2D eigenvalue weighted by Gasteiger charge is -2.16. The molecule has 0 unspecified atom stereocenters. The highest BCUT2D eigenvalue weighted by Gasteiger charge is 2.14. The number of nitrogens with zero attached hydrogens (tertiary/aromatic N) is 2. The largest absolute Gasteiger partial charge is 0.293 e. The smallest absolute Gasteiger partial charge is 0.173 e. The third kappa shape index (κ3) is 3.03. The van der Waals surface area contributed by atoms with Gasteiger partial charge in [-0.05, 0) is 54.3 Å². The van der Waals surface area contributed by atoms with Gasteiger partial charge in [-0.1, -0.05) is 23.9 Å². The minimum Gasteiger partial charge on any atom is -0.293 e. The van der Waals surface area contributed by atoms with Gasteiger partial charge < -0.3 is 0 Å². The lowest BCUT2D eigenvalue weighted by Crippen LogP contribution is -2.07. The van der Waals surface area contributed by atoms with Crippen molar-refractivity contribution in [3.05, 3.63) is 52.7 Å². The molecule has 1 aliphatic carbocycles. The third-order valence-corrected chi connectivity index (χ3v) is 6.06. The van der Waals surface area contributed by atoms with Crippen LogP contribution in [0.1, 0.15) is 34.3 Å². The van der Waals surface area contributed by atoms with E-state index in [1.165, 1.54) is 35.7 Å². The number of hydrogen-bond donors (Lipinski definition) is 0. The number of carbonyl (C=O) groups is 1. The maximum atomic E-state index is 12.5. The highest BCUT2D eigenvalue weighted by molar-refractivity contribution is 8.00. The van der Waals surface area contributed by atoms with Crippen LogP contribution < -0.4 is 0 Å². The molecule has 3 aromatic rings. The maximum absolute atomic E-state index is 12.5. The highest BCUT2D eigenvalue weighted by Crippen LogP contribution is 2.28. The minimum atomic E-state index is 0.172. The van der Waals surface area contributed by atoms with Crippen LogP contribution in [0.2, 0.25) is 0 Å². The van der Waals surface area contributed by atoms with Gasteiger partial charge in [0.15, 0.2) is 5.78 Å². The van der Waals surface area contributed by atoms with Gasteiger partial charge in [0.2, 0.25) is 0 Å². The summed E-state index contributed by atoms with van der Waals surface area (Å²) in [6.45, 7) is 0. The Morgan fingerprint density at radius 2 is 2.00 bits per heavy atom. The van der Waals surface area contributed by atoms with E-state index in [4.69, 9.17) is 0 Å². The van der Waals surface area contributed by atoms with E-state index in [1.807, 2.05) is 17.5 Å². The van der Waals surface area contributed by atoms with Crippen LogP contribution in [0.5, 0.6) is 0 Å². The maximum Gasteiger partial charge on any atom is 0.173 e. The first-order chi connectivity index (χ1) is 11.3. The fourth-order valence-electron chi connectivity index (χ4n) is 3.01. The van der Waals surface area contributed by atoms with Crippen molar-refractivity contribution in [2.24, 2.45) is 0 Å². The summed E-state index contributed by atoms with van der Waals surface area (Å²) in [4.78, 5) is 22.1. The van der Waals surface area contributed by atoms with Crippen molar-refractivity contribution in [1.29, 1.82) is 0 Å². The average molecular weight is 340 g/mol. The molecule has 23 heavy (non-hydrogen) atoms. The van der Waals surface area contributed by atoms with Crippen LogP contribution in [0.15, 0.2) is 41.0 Å². The summed E-state index contributed by atoms with van der Waals surface area (Å²) in [6.07, 6.45) is 6.32. The molecule has 0 atom stereocenters. The van der Waals surface area contributed by atoms with Crippen LogP contribution in [0.25, 0.3) is 10.2 Å². The molecule has 116 valence electrons. The van der Waals surface area contributed by atoms with Gasteiger partial charge in [0, 0.05) is 10.9 Å². The molecule has 1 aromatic carbocycles. The molecule has 0 saturated heterocycles. The van der Waals surface area contributed by atoms with E-state index in [-0.39, 0.29) is 5.78 Å². The van der Waals surface area contributed by atoms with Gasteiger partial charge in [-0.2, -0.15) is 0 Å². The lowest BCUT2D eigenvalue weighted by molar-refractivity contribution is 0.102. The molecular weight excluding hydrogens is 324 g/mol. The highest BCUT2D eigenvalue weighted by atomic mass is 32.2. The molecule has 0 bridgehead atoms. The Morgan fingerprint density at radius 3 is 2.91 bits per heavy atom. The van der Waals surface area contributed by atoms with Gasteiger partial charge in [-0.15, -0.1) is 11.3 Å². The molecule has 2 heterocycles. The van der Waals surface area contributed by atoms with Crippen LogP contribution in [-0.2, 0) is 12.8 Å². The normalized spacial score (nSPS) is 13.9. The topological polar surface area (TPSA) is 42.9 Å². The third-order valence-electron chi connectivity index (χ3n) is 4.24. The van der Waals surface area contributed by atoms with Crippen molar-refractivity contribution >= 4 is 39.1 Å². The predicted octanol–water partition coefficient (Wildman–Crippen LogP) is 4.55. The summed E-state index contributed by atoms with van der Waals surface area (Å²) in [7, 11) is 0. The summed E-state index contributed by atoms with van der Waals surface area (Å²) >= 11 is 3.10. The molecule has 4 rings (SSSR count). The number of Topliss-reactive ketones (excluding diaryl/α,β-unsaturated/α-hetero) is 1. The zero-order chi connectivity index (χ0) is 15.6. The number of benzene rings is 1. The molecule has 0 saturated carbocycles. The number of aryl methyl sites for hydroxylation is 2. The lowest BCUT2D eigenvalue weighted by atomic mass is 9.90. The van der Waals surface area contributed by atoms with E-state index in [1.54, 1.807) is 17.7 Å². The molecule has 0 aliphatic heterocycles. The Kier molecular flexibility index (Phi) is 4.14. The number of ketones is 1. The molecular formula is C18H16N2OS2. The number of carbonyl (C=O) groups excluding carboxylic acids is 1. The van der Waals surface area contributed by atoms with Crippen LogP contribution in [0, 0.1) is 0 Å². The van der Waals surface area contributed by atoms with E-state index in [0.717, 1.165) is 33.6 Å². The van der Waals surface area contributed by atoms with Gasteiger partial charge in [-0.25, -0.2) is 9.97 Å². The molecule has 0 N–H and O–H groups in total. The van der Waals surface area contributed by atoms with E-state index >= 15 is 0 Å². The van der Waals surface area contributed by atoms with Gasteiger partial charge in [0.1, 0.15) is 16.2 Å². The van der Waals surface area contributed by atoms with Gasteiger partial charge >= 0.3 is 0 Å². The van der Waals surface area contributed by atoms with E-state index in [2.05, 4.69) is 22.1 Å². The van der Waals surface area contributed by atoms with Crippen LogP contribution >= 0.6 is 23.1 Å². The molecule has 1 aliphatic rings. The molecule has 0 amide bonds.